The van der Waals surface area contributed by atoms with Gasteiger partial charge in [0, 0.05) is 22.5 Å². The van der Waals surface area contributed by atoms with Crippen molar-refractivity contribution < 1.29 is 9.90 Å². The van der Waals surface area contributed by atoms with Crippen molar-refractivity contribution in [2.24, 2.45) is 0 Å². The van der Waals surface area contributed by atoms with Crippen LogP contribution in [-0.2, 0) is 0 Å². The summed E-state index contributed by atoms with van der Waals surface area (Å²) >= 11 is 3.20. The highest BCUT2D eigenvalue weighted by Crippen LogP contribution is 2.31. The van der Waals surface area contributed by atoms with Crippen LogP contribution < -0.4 is 0 Å². The summed E-state index contributed by atoms with van der Waals surface area (Å²) < 4.78 is 2.35. The van der Waals surface area contributed by atoms with E-state index in [2.05, 4.69) is 0 Å². The summed E-state index contributed by atoms with van der Waals surface area (Å²) in [5.74, 6) is 0.0601. The summed E-state index contributed by atoms with van der Waals surface area (Å²) in [6, 6.07) is 4.00. The van der Waals surface area contributed by atoms with Gasteiger partial charge in [0.15, 0.2) is 0 Å². The summed E-state index contributed by atoms with van der Waals surface area (Å²) in [6.45, 7) is 1.15. The van der Waals surface area contributed by atoms with Crippen molar-refractivity contribution in [3.05, 3.63) is 22.4 Å². The van der Waals surface area contributed by atoms with Gasteiger partial charge in [-0.2, -0.15) is 0 Å². The Bertz CT molecular complexity index is 502. The van der Waals surface area contributed by atoms with Crippen LogP contribution in [0.5, 0.6) is 0 Å². The van der Waals surface area contributed by atoms with E-state index in [0.717, 1.165) is 4.88 Å². The van der Waals surface area contributed by atoms with E-state index in [1.54, 1.807) is 16.2 Å². The standard InChI is InChI=1S/C11H11NO2S2/c13-7-1-3-12(6-7)11(14)10-5-9-8(16-10)2-4-15-9/h2,4-5,7,13H,1,3,6H2. The second-order valence-electron chi connectivity index (χ2n) is 3.95. The van der Waals surface area contributed by atoms with Crippen LogP contribution in [0, 0.1) is 0 Å². The molecule has 84 valence electrons. The Morgan fingerprint density at radius 2 is 2.38 bits per heavy atom. The van der Waals surface area contributed by atoms with Gasteiger partial charge in [-0.15, -0.1) is 22.7 Å². The van der Waals surface area contributed by atoms with E-state index in [0.29, 0.717) is 19.5 Å². The highest BCUT2D eigenvalue weighted by Gasteiger charge is 2.26. The molecule has 0 bridgehead atoms. The number of carbonyl (C=O) groups is 1. The van der Waals surface area contributed by atoms with Crippen LogP contribution >= 0.6 is 22.7 Å². The van der Waals surface area contributed by atoms with Gasteiger partial charge in [-0.25, -0.2) is 0 Å². The van der Waals surface area contributed by atoms with E-state index in [4.69, 9.17) is 0 Å². The number of hydrogen-bond acceptors (Lipinski definition) is 4. The zero-order valence-corrected chi connectivity index (χ0v) is 10.2. The summed E-state index contributed by atoms with van der Waals surface area (Å²) in [4.78, 5) is 14.6. The van der Waals surface area contributed by atoms with E-state index in [1.165, 1.54) is 20.7 Å². The Balaban J connectivity index is 1.87. The van der Waals surface area contributed by atoms with Gasteiger partial charge in [-0.1, -0.05) is 0 Å². The molecule has 0 saturated carbocycles. The van der Waals surface area contributed by atoms with Gasteiger partial charge in [0.1, 0.15) is 0 Å². The molecule has 0 spiro atoms. The van der Waals surface area contributed by atoms with Crippen molar-refractivity contribution >= 4 is 38.0 Å². The van der Waals surface area contributed by atoms with Crippen molar-refractivity contribution in [3.8, 4) is 0 Å². The molecule has 0 aromatic carbocycles. The minimum atomic E-state index is -0.343. The van der Waals surface area contributed by atoms with Crippen LogP contribution in [0.4, 0.5) is 0 Å². The lowest BCUT2D eigenvalue weighted by Crippen LogP contribution is -2.28. The van der Waals surface area contributed by atoms with Crippen molar-refractivity contribution in [1.29, 1.82) is 0 Å². The SMILES string of the molecule is O=C(c1cc2sccc2s1)N1CCC(O)C1. The number of thiophene rings is 2. The summed E-state index contributed by atoms with van der Waals surface area (Å²) in [5.41, 5.74) is 0. The molecule has 16 heavy (non-hydrogen) atoms. The van der Waals surface area contributed by atoms with E-state index in [1.807, 2.05) is 17.5 Å². The van der Waals surface area contributed by atoms with E-state index < -0.39 is 0 Å². The van der Waals surface area contributed by atoms with Crippen molar-refractivity contribution in [2.75, 3.05) is 13.1 Å². The Kier molecular flexibility index (Phi) is 2.46. The van der Waals surface area contributed by atoms with Gasteiger partial charge < -0.3 is 10.0 Å². The molecule has 1 unspecified atom stereocenters. The van der Waals surface area contributed by atoms with E-state index in [9.17, 15) is 9.90 Å². The second kappa shape index (κ2) is 3.84. The normalized spacial score (nSPS) is 20.8. The van der Waals surface area contributed by atoms with Gasteiger partial charge in [-0.05, 0) is 23.9 Å². The predicted octanol–water partition coefficient (Wildman–Crippen LogP) is 2.17. The number of carbonyl (C=O) groups excluding carboxylic acids is 1. The highest BCUT2D eigenvalue weighted by molar-refractivity contribution is 7.27. The van der Waals surface area contributed by atoms with Gasteiger partial charge >= 0.3 is 0 Å². The van der Waals surface area contributed by atoms with Gasteiger partial charge in [-0.3, -0.25) is 4.79 Å². The molecule has 1 saturated heterocycles. The number of aliphatic hydroxyl groups is 1. The van der Waals surface area contributed by atoms with Crippen LogP contribution in [-0.4, -0.2) is 35.1 Å². The zero-order chi connectivity index (χ0) is 11.1. The molecule has 2 aromatic heterocycles. The third-order valence-corrected chi connectivity index (χ3v) is 4.88. The molecule has 0 radical (unpaired) electrons. The number of amides is 1. The van der Waals surface area contributed by atoms with Crippen LogP contribution in [0.3, 0.4) is 0 Å². The third-order valence-electron chi connectivity index (χ3n) is 2.80. The summed E-state index contributed by atoms with van der Waals surface area (Å²) in [7, 11) is 0. The number of β-amino-alcohol motifs (C(OH)–C–C–N with tert-alkyl or cyclic N) is 1. The Morgan fingerprint density at radius 3 is 3.06 bits per heavy atom. The van der Waals surface area contributed by atoms with Gasteiger partial charge in [0.05, 0.1) is 11.0 Å². The van der Waals surface area contributed by atoms with Crippen molar-refractivity contribution in [2.45, 2.75) is 12.5 Å². The lowest BCUT2D eigenvalue weighted by Gasteiger charge is -2.13. The molecule has 1 amide bonds. The number of rotatable bonds is 1. The summed E-state index contributed by atoms with van der Waals surface area (Å²) in [5, 5.41) is 11.4. The van der Waals surface area contributed by atoms with Crippen LogP contribution in [0.25, 0.3) is 9.40 Å². The first kappa shape index (κ1) is 10.3. The number of nitrogens with zero attached hydrogens (tertiary/aromatic N) is 1. The average molecular weight is 253 g/mol. The maximum absolute atomic E-state index is 12.1. The van der Waals surface area contributed by atoms with E-state index >= 15 is 0 Å². The molecule has 0 aliphatic carbocycles. The first-order valence-corrected chi connectivity index (χ1v) is 6.88. The minimum absolute atomic E-state index is 0.0601. The van der Waals surface area contributed by atoms with Gasteiger partial charge in [0.25, 0.3) is 5.91 Å². The molecule has 1 aliphatic rings. The van der Waals surface area contributed by atoms with Crippen molar-refractivity contribution in [1.82, 2.24) is 4.90 Å². The van der Waals surface area contributed by atoms with Crippen LogP contribution in [0.2, 0.25) is 0 Å². The lowest BCUT2D eigenvalue weighted by molar-refractivity contribution is 0.0770. The largest absolute Gasteiger partial charge is 0.391 e. The Labute approximate surface area is 101 Å². The van der Waals surface area contributed by atoms with Gasteiger partial charge in [0.2, 0.25) is 0 Å². The van der Waals surface area contributed by atoms with Crippen molar-refractivity contribution in [3.63, 3.8) is 0 Å². The van der Waals surface area contributed by atoms with Crippen LogP contribution in [0.15, 0.2) is 17.5 Å². The monoisotopic (exact) mass is 253 g/mol. The maximum Gasteiger partial charge on any atom is 0.264 e. The summed E-state index contributed by atoms with van der Waals surface area (Å²) in [6.07, 6.45) is 0.357. The molecule has 1 N–H and O–H groups in total. The first-order valence-electron chi connectivity index (χ1n) is 5.18. The molecule has 5 heteroatoms. The molecule has 1 atom stereocenters. The number of likely N-dealkylation sites (tertiary alicyclic amines) is 1. The Morgan fingerprint density at radius 1 is 1.50 bits per heavy atom. The lowest BCUT2D eigenvalue weighted by atomic mass is 10.3. The third kappa shape index (κ3) is 1.65. The topological polar surface area (TPSA) is 40.5 Å². The quantitative estimate of drug-likeness (QED) is 0.846. The second-order valence-corrected chi connectivity index (χ2v) is 5.98. The highest BCUT2D eigenvalue weighted by atomic mass is 32.1. The molecule has 3 rings (SSSR count). The Hall–Kier alpha value is -0.910. The number of hydrogen-bond donors (Lipinski definition) is 1. The predicted molar refractivity (Wildman–Crippen MR) is 66.2 cm³/mol. The minimum Gasteiger partial charge on any atom is -0.391 e. The van der Waals surface area contributed by atoms with E-state index in [-0.39, 0.29) is 12.0 Å². The fourth-order valence-corrected chi connectivity index (χ4v) is 4.03. The maximum atomic E-state index is 12.1. The number of aliphatic hydroxyl groups excluding tert-OH is 1. The smallest absolute Gasteiger partial charge is 0.264 e. The molecule has 1 aliphatic heterocycles. The first-order chi connectivity index (χ1) is 7.74. The molecule has 2 aromatic rings. The van der Waals surface area contributed by atoms with Crippen LogP contribution in [0.1, 0.15) is 16.1 Å². The zero-order valence-electron chi connectivity index (χ0n) is 8.55. The molecule has 3 nitrogen and oxygen atoms in total. The molecule has 1 fully saturated rings. The number of fused-ring (bicyclic) bond motifs is 1. The molecule has 3 heterocycles. The fraction of sp³-hybridized carbons (Fsp3) is 0.364. The molecular formula is C11H11NO2S2. The molecular weight excluding hydrogens is 242 g/mol. The fourth-order valence-electron chi connectivity index (χ4n) is 1.95. The average Bonchev–Trinajstić information content (AvgIpc) is 2.89.